The van der Waals surface area contributed by atoms with Gasteiger partial charge in [0, 0.05) is 44.8 Å². The van der Waals surface area contributed by atoms with Gasteiger partial charge in [0.25, 0.3) is 5.56 Å². The van der Waals surface area contributed by atoms with Gasteiger partial charge in [-0.3, -0.25) is 14.3 Å². The molecule has 0 aliphatic carbocycles. The highest BCUT2D eigenvalue weighted by Crippen LogP contribution is 2.27. The van der Waals surface area contributed by atoms with E-state index in [1.807, 2.05) is 4.57 Å². The number of nitrogens with one attached hydrogen (secondary N) is 1. The van der Waals surface area contributed by atoms with E-state index in [0.29, 0.717) is 18.6 Å². The summed E-state index contributed by atoms with van der Waals surface area (Å²) in [7, 11) is 2.15. The van der Waals surface area contributed by atoms with Crippen molar-refractivity contribution in [2.75, 3.05) is 26.7 Å². The number of fused-ring (bicyclic) bond motifs is 1. The Balaban J connectivity index is 1.58. The van der Waals surface area contributed by atoms with E-state index in [4.69, 9.17) is 4.98 Å². The van der Waals surface area contributed by atoms with Crippen LogP contribution in [-0.4, -0.2) is 58.1 Å². The van der Waals surface area contributed by atoms with Gasteiger partial charge in [0.2, 0.25) is 0 Å². The molecule has 1 aromatic heterocycles. The van der Waals surface area contributed by atoms with Crippen molar-refractivity contribution in [2.24, 2.45) is 0 Å². The van der Waals surface area contributed by atoms with Crippen LogP contribution in [0.2, 0.25) is 0 Å². The van der Waals surface area contributed by atoms with Crippen LogP contribution in [-0.2, 0) is 19.5 Å². The lowest BCUT2D eigenvalue weighted by atomic mass is 10.0. The number of hydrogen-bond acceptors (Lipinski definition) is 5. The number of hydrogen-bond donors (Lipinski definition) is 1. The van der Waals surface area contributed by atoms with Crippen molar-refractivity contribution in [1.29, 1.82) is 0 Å². The summed E-state index contributed by atoms with van der Waals surface area (Å²) in [6.45, 7) is 13.2. The van der Waals surface area contributed by atoms with Crippen LogP contribution in [0.1, 0.15) is 63.5 Å². The molecule has 6 heteroatoms. The van der Waals surface area contributed by atoms with E-state index in [1.54, 1.807) is 0 Å². The highest BCUT2D eigenvalue weighted by molar-refractivity contribution is 5.78. The molecule has 1 N–H and O–H groups in total. The fourth-order valence-electron chi connectivity index (χ4n) is 5.67. The zero-order chi connectivity index (χ0) is 25.7. The van der Waals surface area contributed by atoms with E-state index in [0.717, 1.165) is 62.2 Å². The van der Waals surface area contributed by atoms with Crippen molar-refractivity contribution in [3.63, 3.8) is 0 Å². The Morgan fingerprint density at radius 3 is 2.44 bits per heavy atom. The van der Waals surface area contributed by atoms with Crippen LogP contribution in [0, 0.1) is 0 Å². The van der Waals surface area contributed by atoms with E-state index in [1.165, 1.54) is 11.1 Å². The third kappa shape index (κ3) is 6.23. The summed E-state index contributed by atoms with van der Waals surface area (Å²) >= 11 is 0. The Kier molecular flexibility index (Phi) is 8.94. The van der Waals surface area contributed by atoms with E-state index in [-0.39, 0.29) is 11.6 Å². The average Bonchev–Trinajstić information content (AvgIpc) is 2.86. The lowest BCUT2D eigenvalue weighted by Gasteiger charge is -2.41. The van der Waals surface area contributed by atoms with Crippen LogP contribution < -0.4 is 10.9 Å². The van der Waals surface area contributed by atoms with Crippen LogP contribution in [0.3, 0.4) is 0 Å². The molecule has 0 radical (unpaired) electrons. The monoisotopic (exact) mass is 489 g/mol. The Morgan fingerprint density at radius 1 is 1.06 bits per heavy atom. The zero-order valence-corrected chi connectivity index (χ0v) is 22.7. The SMILES string of the molecule is CCCC(c1nc2ccc(CCN(C)Cc3ccccc3)cc2c(=O)n1CC)N1C[C@@H](C)N[C@@H](C)C1. The number of piperazine rings is 1. The molecule has 0 bridgehead atoms. The standard InChI is InChI=1S/C30H43N5O/c1-6-11-28(34-19-22(3)31-23(4)20-34)29-32-27-15-14-24(18-26(27)30(36)35(29)7-2)16-17-33(5)21-25-12-9-8-10-13-25/h8-10,12-15,18,22-23,28,31H,6-7,11,16-17,19-21H2,1-5H3/t22-,23+,28?. The van der Waals surface area contributed by atoms with Gasteiger partial charge in [-0.15, -0.1) is 0 Å². The molecule has 0 amide bonds. The smallest absolute Gasteiger partial charge is 0.261 e. The van der Waals surface area contributed by atoms with Crippen molar-refractivity contribution in [1.82, 2.24) is 24.7 Å². The van der Waals surface area contributed by atoms with Gasteiger partial charge in [0.05, 0.1) is 16.9 Å². The molecule has 2 aromatic carbocycles. The van der Waals surface area contributed by atoms with E-state index >= 15 is 0 Å². The molecule has 1 aliphatic heterocycles. The maximum atomic E-state index is 13.7. The van der Waals surface area contributed by atoms with Gasteiger partial charge in [0.1, 0.15) is 5.82 Å². The van der Waals surface area contributed by atoms with Crippen LogP contribution >= 0.6 is 0 Å². The second-order valence-electron chi connectivity index (χ2n) is 10.6. The van der Waals surface area contributed by atoms with Gasteiger partial charge < -0.3 is 10.2 Å². The van der Waals surface area contributed by atoms with Gasteiger partial charge in [0.15, 0.2) is 0 Å². The number of nitrogens with zero attached hydrogens (tertiary/aromatic N) is 4. The molecule has 194 valence electrons. The van der Waals surface area contributed by atoms with Gasteiger partial charge >= 0.3 is 0 Å². The van der Waals surface area contributed by atoms with Crippen molar-refractivity contribution in [3.8, 4) is 0 Å². The minimum absolute atomic E-state index is 0.0920. The molecule has 6 nitrogen and oxygen atoms in total. The molecule has 1 fully saturated rings. The maximum Gasteiger partial charge on any atom is 0.261 e. The number of aromatic nitrogens is 2. The topological polar surface area (TPSA) is 53.4 Å². The second-order valence-corrected chi connectivity index (χ2v) is 10.6. The van der Waals surface area contributed by atoms with Crippen LogP contribution in [0.5, 0.6) is 0 Å². The third-order valence-corrected chi connectivity index (χ3v) is 7.33. The number of rotatable bonds is 10. The Bertz CT molecular complexity index is 1180. The molecular weight excluding hydrogens is 446 g/mol. The molecule has 0 spiro atoms. The summed E-state index contributed by atoms with van der Waals surface area (Å²) in [5.74, 6) is 0.925. The normalized spacial score (nSPS) is 19.7. The second kappa shape index (κ2) is 12.1. The first-order chi connectivity index (χ1) is 17.4. The third-order valence-electron chi connectivity index (χ3n) is 7.33. The minimum atomic E-state index is 0.0920. The highest BCUT2D eigenvalue weighted by atomic mass is 16.1. The fraction of sp³-hybridized carbons (Fsp3) is 0.533. The minimum Gasteiger partial charge on any atom is -0.309 e. The Morgan fingerprint density at radius 2 is 1.78 bits per heavy atom. The number of likely N-dealkylation sites (N-methyl/N-ethyl adjacent to an activating group) is 1. The molecule has 4 rings (SSSR count). The van der Waals surface area contributed by atoms with E-state index in [2.05, 4.69) is 98.4 Å². The molecule has 3 aromatic rings. The van der Waals surface area contributed by atoms with Gasteiger partial charge in [-0.05, 0) is 63.9 Å². The van der Waals surface area contributed by atoms with Gasteiger partial charge in [-0.1, -0.05) is 49.7 Å². The number of benzene rings is 2. The molecule has 36 heavy (non-hydrogen) atoms. The predicted octanol–water partition coefficient (Wildman–Crippen LogP) is 4.61. The average molecular weight is 490 g/mol. The van der Waals surface area contributed by atoms with E-state index < -0.39 is 0 Å². The lowest BCUT2D eigenvalue weighted by Crippen LogP contribution is -2.55. The zero-order valence-electron chi connectivity index (χ0n) is 22.7. The van der Waals surface area contributed by atoms with Crippen LogP contribution in [0.25, 0.3) is 10.9 Å². The van der Waals surface area contributed by atoms with Crippen molar-refractivity contribution < 1.29 is 0 Å². The first kappa shape index (κ1) is 26.5. The molecule has 3 atom stereocenters. The van der Waals surface area contributed by atoms with Gasteiger partial charge in [-0.25, -0.2) is 4.98 Å². The quantitative estimate of drug-likeness (QED) is 0.451. The fourth-order valence-corrected chi connectivity index (χ4v) is 5.67. The summed E-state index contributed by atoms with van der Waals surface area (Å²) in [5, 5.41) is 4.37. The summed E-state index contributed by atoms with van der Waals surface area (Å²) in [4.78, 5) is 23.7. The van der Waals surface area contributed by atoms with Crippen LogP contribution in [0.15, 0.2) is 53.3 Å². The lowest BCUT2D eigenvalue weighted by molar-refractivity contribution is 0.109. The largest absolute Gasteiger partial charge is 0.309 e. The van der Waals surface area contributed by atoms with E-state index in [9.17, 15) is 4.79 Å². The summed E-state index contributed by atoms with van der Waals surface area (Å²) < 4.78 is 1.92. The van der Waals surface area contributed by atoms with Crippen molar-refractivity contribution in [2.45, 2.75) is 78.2 Å². The molecule has 0 saturated carbocycles. The first-order valence-electron chi connectivity index (χ1n) is 13.7. The predicted molar refractivity (Wildman–Crippen MR) is 149 cm³/mol. The van der Waals surface area contributed by atoms with Crippen molar-refractivity contribution in [3.05, 3.63) is 75.8 Å². The Hall–Kier alpha value is -2.54. The molecule has 1 aliphatic rings. The molecule has 1 saturated heterocycles. The molecule has 1 unspecified atom stereocenters. The summed E-state index contributed by atoms with van der Waals surface area (Å²) in [6, 6.07) is 17.8. The molecule has 2 heterocycles. The first-order valence-corrected chi connectivity index (χ1v) is 13.7. The summed E-state index contributed by atoms with van der Waals surface area (Å²) in [6.07, 6.45) is 2.97. The van der Waals surface area contributed by atoms with Crippen molar-refractivity contribution >= 4 is 10.9 Å². The Labute approximate surface area is 216 Å². The van der Waals surface area contributed by atoms with Gasteiger partial charge in [-0.2, -0.15) is 0 Å². The highest BCUT2D eigenvalue weighted by Gasteiger charge is 2.30. The van der Waals surface area contributed by atoms with Crippen LogP contribution in [0.4, 0.5) is 0 Å². The summed E-state index contributed by atoms with van der Waals surface area (Å²) in [5.41, 5.74) is 3.41. The molecular formula is C30H43N5O. The maximum absolute atomic E-state index is 13.7.